The van der Waals surface area contributed by atoms with Crippen LogP contribution in [0.15, 0.2) is 24.3 Å². The van der Waals surface area contributed by atoms with Gasteiger partial charge in [0.05, 0.1) is 0 Å². The molecule has 4 nitrogen and oxygen atoms in total. The number of hydrogen-bond acceptors (Lipinski definition) is 2. The van der Waals surface area contributed by atoms with Crippen LogP contribution in [-0.2, 0) is 9.59 Å². The van der Waals surface area contributed by atoms with Crippen molar-refractivity contribution in [2.24, 2.45) is 0 Å². The van der Waals surface area contributed by atoms with Crippen molar-refractivity contribution in [1.29, 1.82) is 0 Å². The molecule has 0 saturated carbocycles. The van der Waals surface area contributed by atoms with Gasteiger partial charge in [-0.2, -0.15) is 0 Å². The average molecular weight is 374 g/mol. The minimum absolute atomic E-state index is 0.456. The molecule has 1 N–H and O–H groups in total. The molecule has 1 aromatic rings. The first-order chi connectivity index (χ1) is 9.08. The molecular formula is C14H19IN2O2. The van der Waals surface area contributed by atoms with Gasteiger partial charge < -0.3 is 10.2 Å². The Labute approximate surface area is 127 Å². The maximum absolute atomic E-state index is 12.0. The predicted octanol–water partition coefficient (Wildman–Crippen LogP) is 2.88. The molecule has 0 bridgehead atoms. The standard InChI is InChI=1S/C14H19IN2O2/c1-3-9-17(10-4-2)14(19)13(18)16-12-7-5-11(15)6-8-12/h5-8H,3-4,9-10H2,1-2H3,(H,16,18). The van der Waals surface area contributed by atoms with Gasteiger partial charge in [-0.05, 0) is 59.7 Å². The number of halogens is 1. The second kappa shape index (κ2) is 8.14. The highest BCUT2D eigenvalue weighted by Crippen LogP contribution is 2.11. The molecule has 104 valence electrons. The van der Waals surface area contributed by atoms with E-state index >= 15 is 0 Å². The molecule has 1 aromatic carbocycles. The van der Waals surface area contributed by atoms with Gasteiger partial charge in [0, 0.05) is 22.3 Å². The van der Waals surface area contributed by atoms with E-state index in [0.717, 1.165) is 16.4 Å². The molecule has 0 aliphatic rings. The number of carbonyl (C=O) groups excluding carboxylic acids is 2. The van der Waals surface area contributed by atoms with Crippen LogP contribution in [0, 0.1) is 3.57 Å². The largest absolute Gasteiger partial charge is 0.334 e. The molecule has 2 amide bonds. The maximum Gasteiger partial charge on any atom is 0.313 e. The third kappa shape index (κ3) is 5.18. The van der Waals surface area contributed by atoms with Gasteiger partial charge in [-0.1, -0.05) is 13.8 Å². The summed E-state index contributed by atoms with van der Waals surface area (Å²) in [7, 11) is 0. The molecule has 0 unspecified atom stereocenters. The molecular weight excluding hydrogens is 355 g/mol. The summed E-state index contributed by atoms with van der Waals surface area (Å²) in [6.45, 7) is 5.22. The molecule has 0 heterocycles. The lowest BCUT2D eigenvalue weighted by molar-refractivity contribution is -0.143. The lowest BCUT2D eigenvalue weighted by atomic mass is 10.3. The van der Waals surface area contributed by atoms with E-state index in [1.54, 1.807) is 17.0 Å². The number of hydrogen-bond donors (Lipinski definition) is 1. The van der Waals surface area contributed by atoms with Gasteiger partial charge in [-0.3, -0.25) is 9.59 Å². The van der Waals surface area contributed by atoms with Crippen LogP contribution in [-0.4, -0.2) is 29.8 Å². The van der Waals surface area contributed by atoms with Gasteiger partial charge in [0.2, 0.25) is 0 Å². The van der Waals surface area contributed by atoms with Crippen molar-refractivity contribution in [3.8, 4) is 0 Å². The molecule has 0 atom stereocenters. The van der Waals surface area contributed by atoms with Crippen molar-refractivity contribution in [3.63, 3.8) is 0 Å². The minimum Gasteiger partial charge on any atom is -0.334 e. The Balaban J connectivity index is 2.65. The van der Waals surface area contributed by atoms with Crippen molar-refractivity contribution >= 4 is 40.1 Å². The maximum atomic E-state index is 12.0. The van der Waals surface area contributed by atoms with E-state index in [2.05, 4.69) is 27.9 Å². The zero-order chi connectivity index (χ0) is 14.3. The summed E-state index contributed by atoms with van der Waals surface area (Å²) >= 11 is 2.19. The molecule has 0 aromatic heterocycles. The second-order valence-electron chi connectivity index (χ2n) is 4.25. The van der Waals surface area contributed by atoms with Crippen LogP contribution in [0.4, 0.5) is 5.69 Å². The van der Waals surface area contributed by atoms with Crippen molar-refractivity contribution in [2.75, 3.05) is 18.4 Å². The monoisotopic (exact) mass is 374 g/mol. The van der Waals surface area contributed by atoms with E-state index in [4.69, 9.17) is 0 Å². The molecule has 0 aliphatic carbocycles. The highest BCUT2D eigenvalue weighted by atomic mass is 127. The van der Waals surface area contributed by atoms with Crippen LogP contribution in [0.5, 0.6) is 0 Å². The molecule has 5 heteroatoms. The van der Waals surface area contributed by atoms with Crippen molar-refractivity contribution < 1.29 is 9.59 Å². The van der Waals surface area contributed by atoms with E-state index < -0.39 is 11.8 Å². The second-order valence-corrected chi connectivity index (χ2v) is 5.50. The van der Waals surface area contributed by atoms with E-state index in [1.165, 1.54) is 0 Å². The normalized spacial score (nSPS) is 10.1. The van der Waals surface area contributed by atoms with Crippen LogP contribution in [0.1, 0.15) is 26.7 Å². The fourth-order valence-corrected chi connectivity index (χ4v) is 2.08. The van der Waals surface area contributed by atoms with Crippen LogP contribution in [0.3, 0.4) is 0 Å². The van der Waals surface area contributed by atoms with Crippen LogP contribution in [0.25, 0.3) is 0 Å². The number of carbonyl (C=O) groups is 2. The minimum atomic E-state index is -0.567. The summed E-state index contributed by atoms with van der Waals surface area (Å²) in [5.74, 6) is -1.02. The summed E-state index contributed by atoms with van der Waals surface area (Å²) in [6, 6.07) is 7.35. The summed E-state index contributed by atoms with van der Waals surface area (Å²) in [6.07, 6.45) is 1.70. The van der Waals surface area contributed by atoms with Crippen molar-refractivity contribution in [2.45, 2.75) is 26.7 Å². The van der Waals surface area contributed by atoms with E-state index in [-0.39, 0.29) is 0 Å². The fourth-order valence-electron chi connectivity index (χ4n) is 1.72. The molecule has 19 heavy (non-hydrogen) atoms. The summed E-state index contributed by atoms with van der Waals surface area (Å²) in [5, 5.41) is 2.63. The molecule has 0 spiro atoms. The van der Waals surface area contributed by atoms with Crippen molar-refractivity contribution in [1.82, 2.24) is 4.90 Å². The van der Waals surface area contributed by atoms with Gasteiger partial charge in [-0.15, -0.1) is 0 Å². The Kier molecular flexibility index (Phi) is 6.83. The highest BCUT2D eigenvalue weighted by Gasteiger charge is 2.20. The first-order valence-electron chi connectivity index (χ1n) is 6.44. The quantitative estimate of drug-likeness (QED) is 0.637. The van der Waals surface area contributed by atoms with E-state index in [9.17, 15) is 9.59 Å². The van der Waals surface area contributed by atoms with Gasteiger partial charge in [0.25, 0.3) is 0 Å². The third-order valence-electron chi connectivity index (χ3n) is 2.57. The smallest absolute Gasteiger partial charge is 0.313 e. The zero-order valence-electron chi connectivity index (χ0n) is 11.3. The molecule has 0 saturated heterocycles. The van der Waals surface area contributed by atoms with Gasteiger partial charge in [0.15, 0.2) is 0 Å². The third-order valence-corrected chi connectivity index (χ3v) is 3.29. The first kappa shape index (κ1) is 15.9. The van der Waals surface area contributed by atoms with Gasteiger partial charge in [0.1, 0.15) is 0 Å². The van der Waals surface area contributed by atoms with Gasteiger partial charge in [-0.25, -0.2) is 0 Å². The lowest BCUT2D eigenvalue weighted by Crippen LogP contribution is -2.40. The zero-order valence-corrected chi connectivity index (χ0v) is 13.4. The molecule has 0 aliphatic heterocycles. The van der Waals surface area contributed by atoms with Crippen molar-refractivity contribution in [3.05, 3.63) is 27.8 Å². The van der Waals surface area contributed by atoms with Crippen LogP contribution in [0.2, 0.25) is 0 Å². The highest BCUT2D eigenvalue weighted by molar-refractivity contribution is 14.1. The van der Waals surface area contributed by atoms with Crippen LogP contribution < -0.4 is 5.32 Å². The Hall–Kier alpha value is -1.11. The molecule has 1 rings (SSSR count). The molecule has 0 fully saturated rings. The fraction of sp³-hybridized carbons (Fsp3) is 0.429. The van der Waals surface area contributed by atoms with Crippen LogP contribution >= 0.6 is 22.6 Å². The first-order valence-corrected chi connectivity index (χ1v) is 7.52. The summed E-state index contributed by atoms with van der Waals surface area (Å²) in [4.78, 5) is 25.5. The number of amides is 2. The Morgan fingerprint density at radius 2 is 1.63 bits per heavy atom. The number of nitrogens with one attached hydrogen (secondary N) is 1. The summed E-state index contributed by atoms with van der Waals surface area (Å²) < 4.78 is 1.08. The summed E-state index contributed by atoms with van der Waals surface area (Å²) in [5.41, 5.74) is 0.645. The Bertz CT molecular complexity index is 426. The number of rotatable bonds is 5. The average Bonchev–Trinajstić information content (AvgIpc) is 2.40. The lowest BCUT2D eigenvalue weighted by Gasteiger charge is -2.20. The molecule has 0 radical (unpaired) electrons. The Morgan fingerprint density at radius 3 is 2.11 bits per heavy atom. The predicted molar refractivity (Wildman–Crippen MR) is 85.0 cm³/mol. The van der Waals surface area contributed by atoms with Gasteiger partial charge >= 0.3 is 11.8 Å². The Morgan fingerprint density at radius 1 is 1.11 bits per heavy atom. The van der Waals surface area contributed by atoms with E-state index in [0.29, 0.717) is 18.8 Å². The topological polar surface area (TPSA) is 49.4 Å². The number of benzene rings is 1. The number of nitrogens with zero attached hydrogens (tertiary/aromatic N) is 1. The SMILES string of the molecule is CCCN(CCC)C(=O)C(=O)Nc1ccc(I)cc1. The van der Waals surface area contributed by atoms with E-state index in [1.807, 2.05) is 26.0 Å². The number of anilines is 1.